The molecular formula is C25H47NaO3S. The normalized spacial score (nSPS) is 21.0. The Labute approximate surface area is 209 Å². The van der Waals surface area contributed by atoms with E-state index in [4.69, 9.17) is 0 Å². The Balaban J connectivity index is 0.00000841. The van der Waals surface area contributed by atoms with Crippen molar-refractivity contribution >= 4 is 39.7 Å². The maximum atomic E-state index is 12.0. The number of hydrogen-bond acceptors (Lipinski definition) is 2. The zero-order chi connectivity index (χ0) is 21.4. The van der Waals surface area contributed by atoms with Crippen LogP contribution in [0.4, 0.5) is 0 Å². The van der Waals surface area contributed by atoms with Gasteiger partial charge in [0.25, 0.3) is 10.1 Å². The second kappa shape index (κ2) is 17.9. The van der Waals surface area contributed by atoms with E-state index in [0.29, 0.717) is 6.42 Å². The van der Waals surface area contributed by atoms with Crippen LogP contribution in [-0.4, -0.2) is 47.3 Å². The molecule has 0 saturated carbocycles. The van der Waals surface area contributed by atoms with Crippen LogP contribution in [0.2, 0.25) is 0 Å². The van der Waals surface area contributed by atoms with E-state index < -0.39 is 14.9 Å². The molecule has 5 heteroatoms. The van der Waals surface area contributed by atoms with Crippen LogP contribution in [0, 0.1) is 5.92 Å². The zero-order valence-corrected chi connectivity index (χ0v) is 19.9. The first-order valence-corrected chi connectivity index (χ1v) is 13.7. The van der Waals surface area contributed by atoms with E-state index in [0.717, 1.165) is 19.3 Å². The summed E-state index contributed by atoms with van der Waals surface area (Å²) in [5, 5.41) is 0. The van der Waals surface area contributed by atoms with Crippen molar-refractivity contribution in [3.05, 3.63) is 24.3 Å². The van der Waals surface area contributed by atoms with E-state index in [2.05, 4.69) is 6.92 Å². The van der Waals surface area contributed by atoms with Gasteiger partial charge in [-0.1, -0.05) is 134 Å². The Bertz CT molecular complexity index is 571. The van der Waals surface area contributed by atoms with Gasteiger partial charge in [-0.3, -0.25) is 4.55 Å². The molecule has 0 aromatic heterocycles. The van der Waals surface area contributed by atoms with Crippen LogP contribution in [0.5, 0.6) is 0 Å². The minimum atomic E-state index is -4.10. The molecule has 0 aliphatic heterocycles. The van der Waals surface area contributed by atoms with Crippen molar-refractivity contribution in [1.29, 1.82) is 0 Å². The molecule has 1 aliphatic rings. The van der Waals surface area contributed by atoms with Crippen LogP contribution in [-0.2, 0) is 10.1 Å². The van der Waals surface area contributed by atoms with Crippen molar-refractivity contribution < 1.29 is 13.0 Å². The number of rotatable bonds is 18. The van der Waals surface area contributed by atoms with Crippen LogP contribution >= 0.6 is 0 Å². The molecule has 0 radical (unpaired) electrons. The molecule has 0 bridgehead atoms. The van der Waals surface area contributed by atoms with Crippen LogP contribution in [0.25, 0.3) is 0 Å². The molecule has 1 N–H and O–H groups in total. The first-order chi connectivity index (χ1) is 14.0. The van der Waals surface area contributed by atoms with Crippen molar-refractivity contribution in [3.8, 4) is 0 Å². The second-order valence-corrected chi connectivity index (χ2v) is 10.6. The SMILES string of the molecule is CCCCCCCCCCCCCCCCCC1C=CC=CC1(CC)S(=O)(=O)O.[NaH]. The summed E-state index contributed by atoms with van der Waals surface area (Å²) < 4.78 is 32.6. The summed E-state index contributed by atoms with van der Waals surface area (Å²) in [6.07, 6.45) is 28.5. The van der Waals surface area contributed by atoms with Crippen molar-refractivity contribution in [3.63, 3.8) is 0 Å². The monoisotopic (exact) mass is 450 g/mol. The summed E-state index contributed by atoms with van der Waals surface area (Å²) in [5.41, 5.74) is 0. The molecule has 0 fully saturated rings. The van der Waals surface area contributed by atoms with Gasteiger partial charge in [-0.05, 0) is 12.8 Å². The Morgan fingerprint density at radius 3 is 1.57 bits per heavy atom. The summed E-state index contributed by atoms with van der Waals surface area (Å²) in [5.74, 6) is -0.116. The quantitative estimate of drug-likeness (QED) is 0.135. The molecule has 30 heavy (non-hydrogen) atoms. The van der Waals surface area contributed by atoms with Crippen LogP contribution in [0.15, 0.2) is 24.3 Å². The molecule has 3 nitrogen and oxygen atoms in total. The Kier molecular flexibility index (Phi) is 18.1. The second-order valence-electron chi connectivity index (χ2n) is 8.87. The van der Waals surface area contributed by atoms with E-state index in [1.807, 2.05) is 19.1 Å². The number of unbranched alkanes of at least 4 members (excludes halogenated alkanes) is 14. The van der Waals surface area contributed by atoms with E-state index in [1.165, 1.54) is 83.5 Å². The summed E-state index contributed by atoms with van der Waals surface area (Å²) in [7, 11) is -4.10. The predicted octanol–water partition coefficient (Wildman–Crippen LogP) is 7.38. The third-order valence-corrected chi connectivity index (χ3v) is 8.30. The van der Waals surface area contributed by atoms with Gasteiger partial charge in [-0.15, -0.1) is 0 Å². The third kappa shape index (κ3) is 11.3. The van der Waals surface area contributed by atoms with Crippen LogP contribution in [0.1, 0.15) is 123 Å². The topological polar surface area (TPSA) is 54.4 Å². The van der Waals surface area contributed by atoms with Gasteiger partial charge in [-0.2, -0.15) is 8.42 Å². The molecule has 0 aromatic rings. The van der Waals surface area contributed by atoms with Crippen molar-refractivity contribution in [2.24, 2.45) is 5.92 Å². The van der Waals surface area contributed by atoms with E-state index in [-0.39, 0.29) is 35.5 Å². The van der Waals surface area contributed by atoms with E-state index in [9.17, 15) is 13.0 Å². The molecule has 0 heterocycles. The summed E-state index contributed by atoms with van der Waals surface area (Å²) in [6.45, 7) is 4.11. The molecular weight excluding hydrogens is 403 g/mol. The van der Waals surface area contributed by atoms with Crippen molar-refractivity contribution in [2.45, 2.75) is 128 Å². The fraction of sp³-hybridized carbons (Fsp3) is 0.840. The Morgan fingerprint density at radius 1 is 0.733 bits per heavy atom. The summed E-state index contributed by atoms with van der Waals surface area (Å²) in [6, 6.07) is 0. The van der Waals surface area contributed by atoms with Gasteiger partial charge in [0.1, 0.15) is 4.75 Å². The van der Waals surface area contributed by atoms with E-state index in [1.54, 1.807) is 12.2 Å². The molecule has 2 unspecified atom stereocenters. The fourth-order valence-electron chi connectivity index (χ4n) is 4.62. The molecule has 0 amide bonds. The van der Waals surface area contributed by atoms with Gasteiger partial charge in [0, 0.05) is 5.92 Å². The number of hydrogen-bond donors (Lipinski definition) is 1. The first-order valence-electron chi connectivity index (χ1n) is 12.3. The van der Waals surface area contributed by atoms with Crippen molar-refractivity contribution in [2.75, 3.05) is 0 Å². The average Bonchev–Trinajstić information content (AvgIpc) is 2.70. The van der Waals surface area contributed by atoms with Crippen molar-refractivity contribution in [1.82, 2.24) is 0 Å². The van der Waals surface area contributed by atoms with Gasteiger partial charge >= 0.3 is 29.6 Å². The van der Waals surface area contributed by atoms with Crippen LogP contribution in [0.3, 0.4) is 0 Å². The number of allylic oxidation sites excluding steroid dienone is 3. The van der Waals surface area contributed by atoms with Gasteiger partial charge in [0.05, 0.1) is 0 Å². The zero-order valence-electron chi connectivity index (χ0n) is 19.1. The van der Waals surface area contributed by atoms with Gasteiger partial charge in [-0.25, -0.2) is 0 Å². The molecule has 0 aromatic carbocycles. The standard InChI is InChI=1S/C25H46O3S.Na.H/c1-3-5-6-7-8-9-10-11-12-13-14-15-16-17-18-21-24-22-19-20-23-25(24,4-2)29(26,27)28;;/h19-20,22-24H,3-18,21H2,1-2H3,(H,26,27,28);;. The molecule has 1 aliphatic carbocycles. The summed E-state index contributed by atoms with van der Waals surface area (Å²) >= 11 is 0. The van der Waals surface area contributed by atoms with Gasteiger partial charge in [0.15, 0.2) is 0 Å². The summed E-state index contributed by atoms with van der Waals surface area (Å²) in [4.78, 5) is 0. The Morgan fingerprint density at radius 2 is 1.17 bits per heavy atom. The molecule has 1 rings (SSSR count). The van der Waals surface area contributed by atoms with Gasteiger partial charge < -0.3 is 0 Å². The molecule has 172 valence electrons. The first kappa shape index (κ1) is 30.4. The fourth-order valence-corrected chi connectivity index (χ4v) is 5.81. The minimum absolute atomic E-state index is 0. The predicted molar refractivity (Wildman–Crippen MR) is 133 cm³/mol. The van der Waals surface area contributed by atoms with Gasteiger partial charge in [0.2, 0.25) is 0 Å². The third-order valence-electron chi connectivity index (χ3n) is 6.61. The molecule has 0 saturated heterocycles. The molecule has 2 atom stereocenters. The maximum absolute atomic E-state index is 12.0. The molecule has 0 spiro atoms. The average molecular weight is 451 g/mol. The Hall–Kier alpha value is 0.390. The van der Waals surface area contributed by atoms with Crippen LogP contribution < -0.4 is 0 Å². The van der Waals surface area contributed by atoms with E-state index >= 15 is 0 Å².